The molecule has 1 aliphatic rings. The predicted octanol–water partition coefficient (Wildman–Crippen LogP) is 1.69. The number of carboxylic acid groups (broad SMARTS) is 1. The lowest BCUT2D eigenvalue weighted by molar-refractivity contribution is -0.141. The van der Waals surface area contributed by atoms with Gasteiger partial charge in [-0.1, -0.05) is 23.8 Å². The van der Waals surface area contributed by atoms with Gasteiger partial charge >= 0.3 is 5.97 Å². The van der Waals surface area contributed by atoms with E-state index in [1.54, 1.807) is 0 Å². The second-order valence-corrected chi connectivity index (χ2v) is 4.57. The maximum Gasteiger partial charge on any atom is 0.308 e. The molecule has 0 amide bonds. The van der Waals surface area contributed by atoms with E-state index >= 15 is 0 Å². The summed E-state index contributed by atoms with van der Waals surface area (Å²) >= 11 is 0. The summed E-state index contributed by atoms with van der Waals surface area (Å²) in [5.41, 5.74) is 3.59. The SMILES string of the molecule is Cc1ccc(C2CNCC2C(=O)O)c(C)c1. The van der Waals surface area contributed by atoms with Crippen molar-refractivity contribution in [1.29, 1.82) is 0 Å². The first kappa shape index (κ1) is 11.1. The Balaban J connectivity index is 2.32. The zero-order valence-corrected chi connectivity index (χ0v) is 9.66. The van der Waals surface area contributed by atoms with Crippen molar-refractivity contribution in [3.05, 3.63) is 34.9 Å². The third kappa shape index (κ3) is 1.95. The number of carbonyl (C=O) groups is 1. The first-order valence-corrected chi connectivity index (χ1v) is 5.60. The van der Waals surface area contributed by atoms with Crippen LogP contribution >= 0.6 is 0 Å². The number of benzene rings is 1. The van der Waals surface area contributed by atoms with E-state index in [0.717, 1.165) is 6.54 Å². The number of aliphatic carboxylic acids is 1. The van der Waals surface area contributed by atoms with E-state index in [1.165, 1.54) is 16.7 Å². The predicted molar refractivity (Wildman–Crippen MR) is 62.7 cm³/mol. The third-order valence-electron chi connectivity index (χ3n) is 3.36. The molecule has 2 N–H and O–H groups in total. The summed E-state index contributed by atoms with van der Waals surface area (Å²) in [7, 11) is 0. The smallest absolute Gasteiger partial charge is 0.308 e. The molecule has 3 heteroatoms. The quantitative estimate of drug-likeness (QED) is 0.795. The highest BCUT2D eigenvalue weighted by atomic mass is 16.4. The lowest BCUT2D eigenvalue weighted by atomic mass is 9.86. The molecule has 2 unspecified atom stereocenters. The van der Waals surface area contributed by atoms with E-state index in [4.69, 9.17) is 5.11 Å². The van der Waals surface area contributed by atoms with Gasteiger partial charge in [0.25, 0.3) is 0 Å². The summed E-state index contributed by atoms with van der Waals surface area (Å²) < 4.78 is 0. The summed E-state index contributed by atoms with van der Waals surface area (Å²) in [6.07, 6.45) is 0. The van der Waals surface area contributed by atoms with Gasteiger partial charge in [0.2, 0.25) is 0 Å². The molecular weight excluding hydrogens is 202 g/mol. The molecule has 2 rings (SSSR count). The summed E-state index contributed by atoms with van der Waals surface area (Å²) in [6.45, 7) is 5.45. The van der Waals surface area contributed by atoms with Crippen LogP contribution in [0, 0.1) is 19.8 Å². The van der Waals surface area contributed by atoms with Crippen LogP contribution in [0.1, 0.15) is 22.6 Å². The second-order valence-electron chi connectivity index (χ2n) is 4.57. The maximum absolute atomic E-state index is 11.1. The van der Waals surface area contributed by atoms with Crippen LogP contribution in [-0.4, -0.2) is 24.2 Å². The number of carboxylic acids is 1. The Morgan fingerprint density at radius 2 is 2.12 bits per heavy atom. The largest absolute Gasteiger partial charge is 0.481 e. The molecule has 1 aliphatic heterocycles. The minimum Gasteiger partial charge on any atom is -0.481 e. The molecule has 0 spiro atoms. The highest BCUT2D eigenvalue weighted by molar-refractivity contribution is 5.72. The Morgan fingerprint density at radius 1 is 1.38 bits per heavy atom. The molecule has 2 atom stereocenters. The molecule has 1 aromatic rings. The minimum atomic E-state index is -0.699. The zero-order valence-electron chi connectivity index (χ0n) is 9.66. The maximum atomic E-state index is 11.1. The van der Waals surface area contributed by atoms with Gasteiger partial charge in [-0.05, 0) is 25.0 Å². The molecular formula is C13H17NO2. The topological polar surface area (TPSA) is 49.3 Å². The first-order chi connectivity index (χ1) is 7.59. The molecule has 1 aromatic carbocycles. The van der Waals surface area contributed by atoms with Crippen molar-refractivity contribution in [3.8, 4) is 0 Å². The molecule has 3 nitrogen and oxygen atoms in total. The summed E-state index contributed by atoms with van der Waals surface area (Å²) in [5.74, 6) is -0.880. The summed E-state index contributed by atoms with van der Waals surface area (Å²) in [4.78, 5) is 11.1. The lowest BCUT2D eigenvalue weighted by Gasteiger charge is -2.17. The van der Waals surface area contributed by atoms with E-state index in [9.17, 15) is 4.79 Å². The number of nitrogens with one attached hydrogen (secondary N) is 1. The van der Waals surface area contributed by atoms with Crippen molar-refractivity contribution >= 4 is 5.97 Å². The van der Waals surface area contributed by atoms with Gasteiger partial charge in [0.1, 0.15) is 0 Å². The fourth-order valence-corrected chi connectivity index (χ4v) is 2.51. The fraction of sp³-hybridized carbons (Fsp3) is 0.462. The summed E-state index contributed by atoms with van der Waals surface area (Å²) in [6, 6.07) is 6.24. The number of hydrogen-bond donors (Lipinski definition) is 2. The van der Waals surface area contributed by atoms with Gasteiger partial charge in [-0.3, -0.25) is 4.79 Å². The van der Waals surface area contributed by atoms with Crippen LogP contribution in [0.2, 0.25) is 0 Å². The molecule has 0 aliphatic carbocycles. The molecule has 0 saturated carbocycles. The average molecular weight is 219 g/mol. The van der Waals surface area contributed by atoms with E-state index in [-0.39, 0.29) is 11.8 Å². The summed E-state index contributed by atoms with van der Waals surface area (Å²) in [5, 5.41) is 12.3. The molecule has 1 saturated heterocycles. The van der Waals surface area contributed by atoms with Crippen LogP contribution in [-0.2, 0) is 4.79 Å². The van der Waals surface area contributed by atoms with Crippen LogP contribution < -0.4 is 5.32 Å². The lowest BCUT2D eigenvalue weighted by Crippen LogP contribution is -2.21. The van der Waals surface area contributed by atoms with Gasteiger partial charge in [-0.2, -0.15) is 0 Å². The van der Waals surface area contributed by atoms with Crippen LogP contribution in [0.15, 0.2) is 18.2 Å². The second kappa shape index (κ2) is 4.26. The standard InChI is InChI=1S/C13H17NO2/c1-8-3-4-10(9(2)5-8)11-6-14-7-12(11)13(15)16/h3-5,11-12,14H,6-7H2,1-2H3,(H,15,16). The van der Waals surface area contributed by atoms with E-state index in [0.29, 0.717) is 6.54 Å². The van der Waals surface area contributed by atoms with Gasteiger partial charge in [0, 0.05) is 19.0 Å². The number of rotatable bonds is 2. The van der Waals surface area contributed by atoms with Gasteiger partial charge in [0.05, 0.1) is 5.92 Å². The first-order valence-electron chi connectivity index (χ1n) is 5.60. The highest BCUT2D eigenvalue weighted by Crippen LogP contribution is 2.30. The molecule has 0 bridgehead atoms. The number of hydrogen-bond acceptors (Lipinski definition) is 2. The van der Waals surface area contributed by atoms with Crippen molar-refractivity contribution in [1.82, 2.24) is 5.32 Å². The van der Waals surface area contributed by atoms with Crippen LogP contribution in [0.25, 0.3) is 0 Å². The van der Waals surface area contributed by atoms with Crippen molar-refractivity contribution in [2.24, 2.45) is 5.92 Å². The highest BCUT2D eigenvalue weighted by Gasteiger charge is 2.34. The van der Waals surface area contributed by atoms with Crippen LogP contribution in [0.5, 0.6) is 0 Å². The Morgan fingerprint density at radius 3 is 2.75 bits per heavy atom. The van der Waals surface area contributed by atoms with Crippen LogP contribution in [0.3, 0.4) is 0 Å². The zero-order chi connectivity index (χ0) is 11.7. The van der Waals surface area contributed by atoms with Crippen molar-refractivity contribution in [2.75, 3.05) is 13.1 Å². The molecule has 86 valence electrons. The van der Waals surface area contributed by atoms with Crippen LogP contribution in [0.4, 0.5) is 0 Å². The Kier molecular flexibility index (Phi) is 2.97. The monoisotopic (exact) mass is 219 g/mol. The van der Waals surface area contributed by atoms with Gasteiger partial charge in [-0.25, -0.2) is 0 Å². The Hall–Kier alpha value is -1.35. The Bertz CT molecular complexity index is 414. The Labute approximate surface area is 95.5 Å². The molecule has 0 aromatic heterocycles. The average Bonchev–Trinajstić information content (AvgIpc) is 2.66. The molecule has 0 radical (unpaired) electrons. The number of aryl methyl sites for hydroxylation is 2. The van der Waals surface area contributed by atoms with Crippen molar-refractivity contribution < 1.29 is 9.90 Å². The van der Waals surface area contributed by atoms with Crippen molar-refractivity contribution in [3.63, 3.8) is 0 Å². The van der Waals surface area contributed by atoms with Gasteiger partial charge in [-0.15, -0.1) is 0 Å². The van der Waals surface area contributed by atoms with E-state index in [2.05, 4.69) is 37.4 Å². The minimum absolute atomic E-state index is 0.109. The molecule has 16 heavy (non-hydrogen) atoms. The molecule has 1 fully saturated rings. The third-order valence-corrected chi connectivity index (χ3v) is 3.36. The van der Waals surface area contributed by atoms with Crippen molar-refractivity contribution in [2.45, 2.75) is 19.8 Å². The van der Waals surface area contributed by atoms with E-state index in [1.807, 2.05) is 0 Å². The van der Waals surface area contributed by atoms with E-state index < -0.39 is 5.97 Å². The van der Waals surface area contributed by atoms with Gasteiger partial charge < -0.3 is 10.4 Å². The van der Waals surface area contributed by atoms with Gasteiger partial charge in [0.15, 0.2) is 0 Å². The normalized spacial score (nSPS) is 24.6. The fourth-order valence-electron chi connectivity index (χ4n) is 2.51. The molecule has 1 heterocycles.